The molecule has 5 heteroatoms. The summed E-state index contributed by atoms with van der Waals surface area (Å²) in [5.41, 5.74) is 5.24. The fraction of sp³-hybridized carbons (Fsp3) is 0.586. The van der Waals surface area contributed by atoms with E-state index in [4.69, 9.17) is 14.5 Å². The molecule has 3 rings (SSSR count). The lowest BCUT2D eigenvalue weighted by molar-refractivity contribution is -0.166. The molecule has 0 fully saturated rings. The molecular formula is C29H41NO3S. The van der Waals surface area contributed by atoms with E-state index in [0.29, 0.717) is 6.61 Å². The number of thiophene rings is 1. The van der Waals surface area contributed by atoms with Crippen molar-refractivity contribution in [2.24, 2.45) is 5.41 Å². The zero-order valence-corrected chi connectivity index (χ0v) is 23.0. The second kappa shape index (κ2) is 10.7. The quantitative estimate of drug-likeness (QED) is 0.356. The molecule has 0 aromatic carbocycles. The Kier molecular flexibility index (Phi) is 8.41. The number of hydrogen-bond donors (Lipinski definition) is 0. The number of nitrogens with zero attached hydrogens (tertiary/aromatic N) is 1. The summed E-state index contributed by atoms with van der Waals surface area (Å²) in [6.07, 6.45) is 6.72. The molecule has 0 saturated carbocycles. The van der Waals surface area contributed by atoms with Crippen molar-refractivity contribution in [2.45, 2.75) is 99.2 Å². The van der Waals surface area contributed by atoms with Crippen LogP contribution in [0.25, 0.3) is 16.1 Å². The third kappa shape index (κ3) is 6.37. The number of ether oxygens (including phenoxy) is 2. The van der Waals surface area contributed by atoms with Gasteiger partial charge in [0.15, 0.2) is 6.10 Å². The SMILES string of the molecule is CCCc1cccc(-c2sc(C)c(C(OC(C)(C)C)C(=O)OCC)c2C2=CCC(C)(C)CC2)n1. The lowest BCUT2D eigenvalue weighted by atomic mass is 9.76. The largest absolute Gasteiger partial charge is 0.464 e. The van der Waals surface area contributed by atoms with E-state index in [0.717, 1.165) is 64.4 Å². The number of hydrogen-bond acceptors (Lipinski definition) is 5. The van der Waals surface area contributed by atoms with Crippen molar-refractivity contribution in [3.8, 4) is 10.6 Å². The standard InChI is InChI=1S/C29H41NO3S/c1-9-12-21-13-11-14-22(30-21)26-24(20-15-17-29(7,8)18-16-20)23(19(3)34-26)25(27(31)32-10-2)33-28(4,5)6/h11,13-15,25H,9-10,12,16-18H2,1-8H3. The van der Waals surface area contributed by atoms with Crippen LogP contribution in [0.15, 0.2) is 24.3 Å². The molecule has 0 saturated heterocycles. The van der Waals surface area contributed by atoms with Crippen molar-refractivity contribution >= 4 is 22.9 Å². The lowest BCUT2D eigenvalue weighted by Crippen LogP contribution is -2.29. The van der Waals surface area contributed by atoms with Gasteiger partial charge in [-0.2, -0.15) is 0 Å². The van der Waals surface area contributed by atoms with Crippen LogP contribution in [0.2, 0.25) is 0 Å². The third-order valence-corrected chi connectivity index (χ3v) is 7.35. The maximum Gasteiger partial charge on any atom is 0.340 e. The fourth-order valence-electron chi connectivity index (χ4n) is 4.47. The van der Waals surface area contributed by atoms with Gasteiger partial charge in [0, 0.05) is 21.7 Å². The predicted molar refractivity (Wildman–Crippen MR) is 142 cm³/mol. The van der Waals surface area contributed by atoms with Crippen molar-refractivity contribution in [3.05, 3.63) is 46.0 Å². The highest BCUT2D eigenvalue weighted by molar-refractivity contribution is 7.16. The van der Waals surface area contributed by atoms with Crippen LogP contribution in [0, 0.1) is 12.3 Å². The molecular weight excluding hydrogens is 442 g/mol. The first-order valence-corrected chi connectivity index (χ1v) is 13.4. The normalized spacial score (nSPS) is 16.8. The summed E-state index contributed by atoms with van der Waals surface area (Å²) in [5, 5.41) is 0. The number of allylic oxidation sites excluding steroid dienone is 2. The van der Waals surface area contributed by atoms with Gasteiger partial charge in [-0.3, -0.25) is 4.98 Å². The van der Waals surface area contributed by atoms with Crippen LogP contribution in [-0.4, -0.2) is 23.2 Å². The molecule has 0 spiro atoms. The van der Waals surface area contributed by atoms with Gasteiger partial charge in [-0.1, -0.05) is 39.3 Å². The molecule has 1 atom stereocenters. The first-order chi connectivity index (χ1) is 16.0. The van der Waals surface area contributed by atoms with Crippen LogP contribution in [0.3, 0.4) is 0 Å². The van der Waals surface area contributed by atoms with E-state index in [2.05, 4.69) is 52.0 Å². The highest BCUT2D eigenvalue weighted by Crippen LogP contribution is 2.48. The van der Waals surface area contributed by atoms with E-state index in [1.54, 1.807) is 11.3 Å². The summed E-state index contributed by atoms with van der Waals surface area (Å²) in [6.45, 7) is 17.0. The molecule has 0 N–H and O–H groups in total. The minimum Gasteiger partial charge on any atom is -0.464 e. The van der Waals surface area contributed by atoms with Crippen molar-refractivity contribution < 1.29 is 14.3 Å². The Morgan fingerprint density at radius 1 is 1.24 bits per heavy atom. The smallest absolute Gasteiger partial charge is 0.340 e. The van der Waals surface area contributed by atoms with E-state index in [9.17, 15) is 4.79 Å². The van der Waals surface area contributed by atoms with Gasteiger partial charge in [0.25, 0.3) is 0 Å². The maximum atomic E-state index is 13.2. The number of aryl methyl sites for hydroxylation is 2. The van der Waals surface area contributed by atoms with Crippen molar-refractivity contribution in [2.75, 3.05) is 6.61 Å². The van der Waals surface area contributed by atoms with Gasteiger partial charge < -0.3 is 9.47 Å². The van der Waals surface area contributed by atoms with Crippen molar-refractivity contribution in [3.63, 3.8) is 0 Å². The summed E-state index contributed by atoms with van der Waals surface area (Å²) in [4.78, 5) is 20.4. The Hall–Kier alpha value is -1.98. The van der Waals surface area contributed by atoms with Crippen LogP contribution in [0.4, 0.5) is 0 Å². The Labute approximate surface area is 209 Å². The van der Waals surface area contributed by atoms with Gasteiger partial charge >= 0.3 is 5.97 Å². The number of esters is 1. The maximum absolute atomic E-state index is 13.2. The number of pyridine rings is 1. The highest BCUT2D eigenvalue weighted by Gasteiger charge is 2.36. The van der Waals surface area contributed by atoms with Gasteiger partial charge in [-0.15, -0.1) is 11.3 Å². The van der Waals surface area contributed by atoms with Crippen LogP contribution in [-0.2, 0) is 20.7 Å². The topological polar surface area (TPSA) is 48.4 Å². The number of carbonyl (C=O) groups excluding carboxylic acids is 1. The van der Waals surface area contributed by atoms with Crippen LogP contribution in [0.5, 0.6) is 0 Å². The van der Waals surface area contributed by atoms with Crippen molar-refractivity contribution in [1.82, 2.24) is 4.98 Å². The number of carbonyl (C=O) groups is 1. The summed E-state index contributed by atoms with van der Waals surface area (Å²) in [7, 11) is 0. The first kappa shape index (κ1) is 26.6. The van der Waals surface area contributed by atoms with Crippen LogP contribution < -0.4 is 0 Å². The molecule has 34 heavy (non-hydrogen) atoms. The molecule has 2 heterocycles. The Bertz CT molecular complexity index is 1040. The number of aromatic nitrogens is 1. The Morgan fingerprint density at radius 3 is 2.56 bits per heavy atom. The van der Waals surface area contributed by atoms with Crippen molar-refractivity contribution in [1.29, 1.82) is 0 Å². The number of rotatable bonds is 8. The fourth-order valence-corrected chi connectivity index (χ4v) is 5.66. The lowest BCUT2D eigenvalue weighted by Gasteiger charge is -2.31. The molecule has 0 aliphatic heterocycles. The van der Waals surface area contributed by atoms with E-state index >= 15 is 0 Å². The van der Waals surface area contributed by atoms with E-state index in [1.165, 1.54) is 5.57 Å². The second-order valence-corrected chi connectivity index (χ2v) is 12.2. The zero-order chi connectivity index (χ0) is 25.1. The summed E-state index contributed by atoms with van der Waals surface area (Å²) < 4.78 is 11.9. The molecule has 0 radical (unpaired) electrons. The van der Waals surface area contributed by atoms with E-state index in [-0.39, 0.29) is 11.4 Å². The molecule has 1 aliphatic carbocycles. The monoisotopic (exact) mass is 483 g/mol. The van der Waals surface area contributed by atoms with Gasteiger partial charge in [-0.25, -0.2) is 4.79 Å². The van der Waals surface area contributed by atoms with Gasteiger partial charge in [0.05, 0.1) is 22.8 Å². The minimum atomic E-state index is -0.769. The van der Waals surface area contributed by atoms with Gasteiger partial charge in [0.1, 0.15) is 0 Å². The molecule has 0 amide bonds. The molecule has 1 aliphatic rings. The average Bonchev–Trinajstić information content (AvgIpc) is 3.09. The zero-order valence-electron chi connectivity index (χ0n) is 22.2. The molecule has 0 bridgehead atoms. The van der Waals surface area contributed by atoms with Gasteiger partial charge in [0.2, 0.25) is 0 Å². The Balaban J connectivity index is 2.24. The molecule has 1 unspecified atom stereocenters. The second-order valence-electron chi connectivity index (χ2n) is 11.0. The summed E-state index contributed by atoms with van der Waals surface area (Å²) in [6, 6.07) is 6.29. The van der Waals surface area contributed by atoms with Gasteiger partial charge in [-0.05, 0) is 83.4 Å². The summed E-state index contributed by atoms with van der Waals surface area (Å²) in [5.74, 6) is -0.324. The highest BCUT2D eigenvalue weighted by atomic mass is 32.1. The van der Waals surface area contributed by atoms with Crippen LogP contribution >= 0.6 is 11.3 Å². The van der Waals surface area contributed by atoms with E-state index in [1.807, 2.05) is 27.7 Å². The van der Waals surface area contributed by atoms with E-state index < -0.39 is 11.7 Å². The summed E-state index contributed by atoms with van der Waals surface area (Å²) >= 11 is 1.71. The first-order valence-electron chi connectivity index (χ1n) is 12.6. The minimum absolute atomic E-state index is 0.288. The molecule has 2 aromatic rings. The van der Waals surface area contributed by atoms with Crippen LogP contribution in [0.1, 0.15) is 102 Å². The third-order valence-electron chi connectivity index (χ3n) is 6.20. The molecule has 4 nitrogen and oxygen atoms in total. The molecule has 186 valence electrons. The Morgan fingerprint density at radius 2 is 1.97 bits per heavy atom. The average molecular weight is 484 g/mol. The molecule has 2 aromatic heterocycles. The predicted octanol–water partition coefficient (Wildman–Crippen LogP) is 8.08.